The molecule has 0 radical (unpaired) electrons. The van der Waals surface area contributed by atoms with Gasteiger partial charge in [-0.25, -0.2) is 0 Å². The van der Waals surface area contributed by atoms with E-state index in [2.05, 4.69) is 52.8 Å². The first-order chi connectivity index (χ1) is 13.5. The molecule has 2 atom stereocenters. The van der Waals surface area contributed by atoms with Crippen LogP contribution in [0, 0.1) is 13.8 Å². The number of aromatic nitrogens is 2. The molecule has 144 valence electrons. The molecule has 6 heteroatoms. The van der Waals surface area contributed by atoms with Gasteiger partial charge in [-0.2, -0.15) is 0 Å². The second kappa shape index (κ2) is 7.28. The van der Waals surface area contributed by atoms with Crippen molar-refractivity contribution in [3.63, 3.8) is 0 Å². The highest BCUT2D eigenvalue weighted by atomic mass is 32.1. The number of benzene rings is 1. The lowest BCUT2D eigenvalue weighted by molar-refractivity contribution is 0.415. The molecule has 3 aromatic rings. The molecule has 28 heavy (non-hydrogen) atoms. The molecule has 0 bridgehead atoms. The van der Waals surface area contributed by atoms with Gasteiger partial charge in [-0.3, -0.25) is 4.98 Å². The molecular weight excluding hydrogens is 368 g/mol. The summed E-state index contributed by atoms with van der Waals surface area (Å²) in [6.45, 7) is 4.28. The Bertz CT molecular complexity index is 1010. The smallest absolute Gasteiger partial charge is 0.174 e. The maximum absolute atomic E-state index is 5.78. The molecule has 1 aliphatic heterocycles. The molecule has 1 aliphatic rings. The molecular formula is C22H24N4OS. The summed E-state index contributed by atoms with van der Waals surface area (Å²) in [7, 11) is 3.78. The van der Waals surface area contributed by atoms with E-state index in [1.165, 1.54) is 17.0 Å². The molecule has 4 rings (SSSR count). The van der Waals surface area contributed by atoms with E-state index in [4.69, 9.17) is 17.0 Å². The van der Waals surface area contributed by atoms with Crippen LogP contribution < -0.4 is 15.0 Å². The van der Waals surface area contributed by atoms with Gasteiger partial charge in [0.05, 0.1) is 24.9 Å². The fourth-order valence-corrected chi connectivity index (χ4v) is 4.24. The van der Waals surface area contributed by atoms with Gasteiger partial charge < -0.3 is 19.5 Å². The number of hydrogen-bond acceptors (Lipinski definition) is 3. The minimum absolute atomic E-state index is 0.00518. The van der Waals surface area contributed by atoms with E-state index in [1.54, 1.807) is 7.11 Å². The fraction of sp³-hybridized carbons (Fsp3) is 0.273. The monoisotopic (exact) mass is 392 g/mol. The van der Waals surface area contributed by atoms with Crippen molar-refractivity contribution in [3.05, 3.63) is 77.4 Å². The van der Waals surface area contributed by atoms with E-state index in [0.717, 1.165) is 17.1 Å². The average molecular weight is 393 g/mol. The molecule has 3 heterocycles. The van der Waals surface area contributed by atoms with Crippen LogP contribution in [0.1, 0.15) is 34.7 Å². The van der Waals surface area contributed by atoms with Crippen LogP contribution in [-0.4, -0.2) is 21.8 Å². The summed E-state index contributed by atoms with van der Waals surface area (Å²) >= 11 is 5.78. The minimum Gasteiger partial charge on any atom is -0.497 e. The van der Waals surface area contributed by atoms with Crippen molar-refractivity contribution in [2.24, 2.45) is 7.05 Å². The van der Waals surface area contributed by atoms with Crippen molar-refractivity contribution in [2.45, 2.75) is 25.9 Å². The minimum atomic E-state index is -0.0413. The lowest BCUT2D eigenvalue weighted by atomic mass is 9.96. The Balaban J connectivity index is 1.88. The van der Waals surface area contributed by atoms with E-state index in [-0.39, 0.29) is 12.1 Å². The van der Waals surface area contributed by atoms with Crippen LogP contribution in [0.5, 0.6) is 5.75 Å². The lowest BCUT2D eigenvalue weighted by Gasteiger charge is -2.28. The molecule has 0 aliphatic carbocycles. The predicted octanol–water partition coefficient (Wildman–Crippen LogP) is 4.22. The Morgan fingerprint density at radius 3 is 2.57 bits per heavy atom. The number of thiocarbonyl (C=S) groups is 1. The maximum atomic E-state index is 5.78. The summed E-state index contributed by atoms with van der Waals surface area (Å²) in [5.74, 6) is 0.807. The van der Waals surface area contributed by atoms with E-state index < -0.39 is 0 Å². The zero-order valence-corrected chi connectivity index (χ0v) is 17.3. The van der Waals surface area contributed by atoms with Gasteiger partial charge >= 0.3 is 0 Å². The van der Waals surface area contributed by atoms with Crippen LogP contribution >= 0.6 is 12.2 Å². The van der Waals surface area contributed by atoms with Crippen molar-refractivity contribution < 1.29 is 4.74 Å². The van der Waals surface area contributed by atoms with E-state index >= 15 is 0 Å². The Morgan fingerprint density at radius 2 is 1.93 bits per heavy atom. The molecule has 0 spiro atoms. The van der Waals surface area contributed by atoms with Crippen LogP contribution in [0.15, 0.2) is 54.7 Å². The van der Waals surface area contributed by atoms with Gasteiger partial charge in [-0.1, -0.05) is 12.1 Å². The standard InChI is InChI=1S/C22H24N4OS/c1-14-12-18(15(2)25(14)3)21-20(19-10-5-6-11-23-19)24-22(28)26(21)16-8-7-9-17(13-16)27-4/h5-13,20-21H,1-4H3,(H,24,28)/t20-,21-/m1/s1. The molecule has 2 aromatic heterocycles. The number of aryl methyl sites for hydroxylation is 1. The first-order valence-electron chi connectivity index (χ1n) is 9.28. The van der Waals surface area contributed by atoms with Crippen LogP contribution in [0.2, 0.25) is 0 Å². The van der Waals surface area contributed by atoms with Crippen LogP contribution in [0.25, 0.3) is 0 Å². The zero-order valence-electron chi connectivity index (χ0n) is 16.5. The summed E-state index contributed by atoms with van der Waals surface area (Å²) in [6, 6.07) is 16.2. The van der Waals surface area contributed by atoms with Crippen molar-refractivity contribution in [1.29, 1.82) is 0 Å². The summed E-state index contributed by atoms with van der Waals surface area (Å²) in [5, 5.41) is 4.20. The first kappa shape index (κ1) is 18.5. The number of hydrogen-bond donors (Lipinski definition) is 1. The molecule has 1 saturated heterocycles. The zero-order chi connectivity index (χ0) is 19.8. The highest BCUT2D eigenvalue weighted by molar-refractivity contribution is 7.80. The van der Waals surface area contributed by atoms with Gasteiger partial charge in [0.1, 0.15) is 5.75 Å². The van der Waals surface area contributed by atoms with Gasteiger partial charge in [-0.15, -0.1) is 0 Å². The van der Waals surface area contributed by atoms with Crippen LogP contribution in [0.3, 0.4) is 0 Å². The highest BCUT2D eigenvalue weighted by Crippen LogP contribution is 2.43. The number of rotatable bonds is 4. The van der Waals surface area contributed by atoms with Gasteiger partial charge in [0, 0.05) is 36.4 Å². The topological polar surface area (TPSA) is 42.3 Å². The van der Waals surface area contributed by atoms with E-state index in [1.807, 2.05) is 42.6 Å². The molecule has 0 amide bonds. The normalized spacial score (nSPS) is 19.0. The quantitative estimate of drug-likeness (QED) is 0.673. The summed E-state index contributed by atoms with van der Waals surface area (Å²) in [6.07, 6.45) is 1.83. The first-order valence-corrected chi connectivity index (χ1v) is 9.69. The van der Waals surface area contributed by atoms with Crippen molar-refractivity contribution in [2.75, 3.05) is 12.0 Å². The second-order valence-electron chi connectivity index (χ2n) is 7.08. The predicted molar refractivity (Wildman–Crippen MR) is 116 cm³/mol. The number of ether oxygens (including phenoxy) is 1. The highest BCUT2D eigenvalue weighted by Gasteiger charge is 2.42. The van der Waals surface area contributed by atoms with Gasteiger partial charge in [0.15, 0.2) is 5.11 Å². The van der Waals surface area contributed by atoms with Gasteiger partial charge in [-0.05, 0) is 62.0 Å². The molecule has 0 unspecified atom stereocenters. The fourth-order valence-electron chi connectivity index (χ4n) is 3.89. The third kappa shape index (κ3) is 3.03. The van der Waals surface area contributed by atoms with Crippen molar-refractivity contribution in [1.82, 2.24) is 14.9 Å². The van der Waals surface area contributed by atoms with Crippen LogP contribution in [0.4, 0.5) is 5.69 Å². The number of pyridine rings is 1. The molecule has 1 N–H and O–H groups in total. The molecule has 1 fully saturated rings. The lowest BCUT2D eigenvalue weighted by Crippen LogP contribution is -2.29. The summed E-state index contributed by atoms with van der Waals surface area (Å²) in [5.41, 5.74) is 5.66. The Kier molecular flexibility index (Phi) is 4.81. The van der Waals surface area contributed by atoms with Crippen molar-refractivity contribution in [3.8, 4) is 5.75 Å². The Morgan fingerprint density at radius 1 is 1.11 bits per heavy atom. The maximum Gasteiger partial charge on any atom is 0.174 e. The largest absolute Gasteiger partial charge is 0.497 e. The summed E-state index contributed by atoms with van der Waals surface area (Å²) < 4.78 is 7.66. The molecule has 5 nitrogen and oxygen atoms in total. The molecule has 0 saturated carbocycles. The average Bonchev–Trinajstić information content (AvgIpc) is 3.19. The van der Waals surface area contributed by atoms with Crippen LogP contribution in [-0.2, 0) is 7.05 Å². The van der Waals surface area contributed by atoms with E-state index in [0.29, 0.717) is 5.11 Å². The number of nitrogens with one attached hydrogen (secondary N) is 1. The SMILES string of the molecule is COc1cccc(N2C(=S)N[C@H](c3ccccn3)[C@H]2c2cc(C)n(C)c2C)c1. The van der Waals surface area contributed by atoms with Gasteiger partial charge in [0.2, 0.25) is 0 Å². The third-order valence-corrected chi connectivity index (χ3v) is 5.88. The van der Waals surface area contributed by atoms with E-state index in [9.17, 15) is 0 Å². The van der Waals surface area contributed by atoms with Gasteiger partial charge in [0.25, 0.3) is 0 Å². The number of nitrogens with zero attached hydrogens (tertiary/aromatic N) is 3. The number of methoxy groups -OCH3 is 1. The summed E-state index contributed by atoms with van der Waals surface area (Å²) in [4.78, 5) is 6.79. The second-order valence-corrected chi connectivity index (χ2v) is 7.47. The number of anilines is 1. The Hall–Kier alpha value is -2.86. The van der Waals surface area contributed by atoms with Crippen molar-refractivity contribution >= 4 is 23.0 Å². The Labute approximate surface area is 171 Å². The third-order valence-electron chi connectivity index (χ3n) is 5.56. The molecule has 1 aromatic carbocycles.